The first-order valence-corrected chi connectivity index (χ1v) is 14.7. The Kier molecular flexibility index (Phi) is 9.70. The smallest absolute Gasteiger partial charge is 0.310 e. The van der Waals surface area contributed by atoms with Gasteiger partial charge in [-0.1, -0.05) is 77.4 Å². The second kappa shape index (κ2) is 12.3. The lowest BCUT2D eigenvalue weighted by molar-refractivity contribution is -0.167. The van der Waals surface area contributed by atoms with Crippen molar-refractivity contribution in [2.45, 2.75) is 105 Å². The number of benzene rings is 2. The minimum atomic E-state index is -0.980. The Morgan fingerprint density at radius 1 is 1.05 bits per heavy atom. The van der Waals surface area contributed by atoms with Crippen LogP contribution in [0.1, 0.15) is 120 Å². The van der Waals surface area contributed by atoms with Crippen LogP contribution in [0.4, 0.5) is 0 Å². The van der Waals surface area contributed by atoms with Crippen LogP contribution >= 0.6 is 0 Å². The van der Waals surface area contributed by atoms with E-state index in [0.717, 1.165) is 24.0 Å². The molecular formula is C35H48O5. The molecule has 0 amide bonds. The monoisotopic (exact) mass is 548 g/mol. The van der Waals surface area contributed by atoms with Crippen molar-refractivity contribution < 1.29 is 24.2 Å². The fraction of sp³-hybridized carbons (Fsp3) is 0.571. The number of carboxylic acid groups (broad SMARTS) is 1. The molecule has 0 aromatic heterocycles. The minimum absolute atomic E-state index is 0.0240. The molecule has 1 fully saturated rings. The molecule has 1 aliphatic carbocycles. The summed E-state index contributed by atoms with van der Waals surface area (Å²) in [4.78, 5) is 38.7. The van der Waals surface area contributed by atoms with E-state index in [9.17, 15) is 19.5 Å². The van der Waals surface area contributed by atoms with Crippen LogP contribution in [0.2, 0.25) is 0 Å². The van der Waals surface area contributed by atoms with E-state index in [1.54, 1.807) is 6.07 Å². The van der Waals surface area contributed by atoms with Crippen molar-refractivity contribution in [1.29, 1.82) is 0 Å². The van der Waals surface area contributed by atoms with Gasteiger partial charge in [0, 0.05) is 12.3 Å². The fourth-order valence-corrected chi connectivity index (χ4v) is 7.11. The third-order valence-corrected chi connectivity index (χ3v) is 9.10. The SMILES string of the molecule is CCOc1c(C(C)=O)ccc([C@@H](C)C(CCCC(C)(C)c2ccccc2)C(=O)CC2(C(=O)O)CC(C)(C)C2)c1C. The molecule has 5 heteroatoms. The van der Waals surface area contributed by atoms with Gasteiger partial charge in [0.1, 0.15) is 11.5 Å². The van der Waals surface area contributed by atoms with Crippen molar-refractivity contribution in [3.63, 3.8) is 0 Å². The molecule has 40 heavy (non-hydrogen) atoms. The molecule has 1 saturated carbocycles. The Bertz CT molecular complexity index is 1220. The molecule has 1 aliphatic rings. The number of rotatable bonds is 14. The summed E-state index contributed by atoms with van der Waals surface area (Å²) in [6.45, 7) is 16.5. The van der Waals surface area contributed by atoms with Crippen molar-refractivity contribution in [3.8, 4) is 5.75 Å². The van der Waals surface area contributed by atoms with E-state index < -0.39 is 11.4 Å². The predicted octanol–water partition coefficient (Wildman–Crippen LogP) is 8.31. The van der Waals surface area contributed by atoms with E-state index in [2.05, 4.69) is 58.9 Å². The number of hydrogen-bond donors (Lipinski definition) is 1. The molecule has 1 unspecified atom stereocenters. The summed E-state index contributed by atoms with van der Waals surface area (Å²) in [6, 6.07) is 14.2. The summed E-state index contributed by atoms with van der Waals surface area (Å²) in [5.74, 6) is -0.793. The van der Waals surface area contributed by atoms with Crippen LogP contribution in [-0.4, -0.2) is 29.2 Å². The molecule has 218 valence electrons. The van der Waals surface area contributed by atoms with Gasteiger partial charge in [-0.15, -0.1) is 0 Å². The molecule has 5 nitrogen and oxygen atoms in total. The molecule has 0 bridgehead atoms. The van der Waals surface area contributed by atoms with Gasteiger partial charge in [-0.25, -0.2) is 0 Å². The van der Waals surface area contributed by atoms with Crippen molar-refractivity contribution in [3.05, 3.63) is 64.7 Å². The van der Waals surface area contributed by atoms with E-state index in [0.29, 0.717) is 37.2 Å². The normalized spacial score (nSPS) is 17.4. The zero-order valence-electron chi connectivity index (χ0n) is 25.7. The number of Topliss-reactive ketones (excluding diaryl/α,β-unsaturated/α-hetero) is 2. The van der Waals surface area contributed by atoms with Crippen LogP contribution in [-0.2, 0) is 15.0 Å². The summed E-state index contributed by atoms with van der Waals surface area (Å²) in [7, 11) is 0. The second-order valence-corrected chi connectivity index (χ2v) is 13.4. The van der Waals surface area contributed by atoms with Gasteiger partial charge in [0.05, 0.1) is 17.6 Å². The van der Waals surface area contributed by atoms with Crippen molar-refractivity contribution in [1.82, 2.24) is 0 Å². The first-order valence-electron chi connectivity index (χ1n) is 14.7. The third kappa shape index (κ3) is 6.85. The zero-order chi connectivity index (χ0) is 29.9. The topological polar surface area (TPSA) is 80.7 Å². The summed E-state index contributed by atoms with van der Waals surface area (Å²) in [5.41, 5.74) is 2.58. The minimum Gasteiger partial charge on any atom is -0.493 e. The quantitative estimate of drug-likeness (QED) is 0.240. The first kappa shape index (κ1) is 31.6. The number of ketones is 2. The van der Waals surface area contributed by atoms with E-state index in [4.69, 9.17) is 4.74 Å². The number of ether oxygens (including phenoxy) is 1. The highest BCUT2D eigenvalue weighted by atomic mass is 16.5. The van der Waals surface area contributed by atoms with Gasteiger partial charge in [-0.05, 0) is 86.0 Å². The Hall–Kier alpha value is -2.95. The number of hydrogen-bond acceptors (Lipinski definition) is 4. The Morgan fingerprint density at radius 2 is 1.68 bits per heavy atom. The zero-order valence-corrected chi connectivity index (χ0v) is 25.7. The molecule has 3 rings (SSSR count). The highest BCUT2D eigenvalue weighted by Gasteiger charge is 2.56. The standard InChI is InChI=1S/C35H48O5/c1-9-40-31-24(3)27(17-18-29(31)25(4)36)23(2)28(16-13-19-34(7,8)26-14-11-10-12-15-26)30(37)20-35(32(38)39)21-33(5,6)22-35/h10-12,14-15,17-18,23,28H,9,13,16,19-22H2,1-8H3,(H,38,39)/t23-,28?/m1/s1. The van der Waals surface area contributed by atoms with Gasteiger partial charge in [0.25, 0.3) is 0 Å². The molecule has 0 heterocycles. The van der Waals surface area contributed by atoms with E-state index in [1.165, 1.54) is 12.5 Å². The summed E-state index contributed by atoms with van der Waals surface area (Å²) in [6.07, 6.45) is 3.53. The number of carbonyl (C=O) groups excluding carboxylic acids is 2. The average molecular weight is 549 g/mol. The summed E-state index contributed by atoms with van der Waals surface area (Å²) in [5, 5.41) is 10.1. The van der Waals surface area contributed by atoms with Crippen molar-refractivity contribution >= 4 is 17.5 Å². The molecule has 0 spiro atoms. The predicted molar refractivity (Wildman–Crippen MR) is 160 cm³/mol. The molecule has 2 aromatic carbocycles. The van der Waals surface area contributed by atoms with Crippen molar-refractivity contribution in [2.75, 3.05) is 6.61 Å². The third-order valence-electron chi connectivity index (χ3n) is 9.10. The largest absolute Gasteiger partial charge is 0.493 e. The lowest BCUT2D eigenvalue weighted by atomic mass is 9.52. The van der Waals surface area contributed by atoms with Gasteiger partial charge in [-0.3, -0.25) is 14.4 Å². The van der Waals surface area contributed by atoms with E-state index in [-0.39, 0.29) is 40.7 Å². The maximum atomic E-state index is 14.1. The Balaban J connectivity index is 1.92. The van der Waals surface area contributed by atoms with E-state index in [1.807, 2.05) is 26.0 Å². The van der Waals surface area contributed by atoms with Crippen LogP contribution in [0.3, 0.4) is 0 Å². The summed E-state index contributed by atoms with van der Waals surface area (Å²) >= 11 is 0. The average Bonchev–Trinajstić information content (AvgIpc) is 2.86. The molecule has 0 radical (unpaired) electrons. The maximum absolute atomic E-state index is 14.1. The van der Waals surface area contributed by atoms with Gasteiger partial charge in [0.15, 0.2) is 5.78 Å². The second-order valence-electron chi connectivity index (χ2n) is 13.4. The highest BCUT2D eigenvalue weighted by molar-refractivity contribution is 5.97. The number of aliphatic carboxylic acids is 1. The van der Waals surface area contributed by atoms with Gasteiger partial charge in [0.2, 0.25) is 0 Å². The van der Waals surface area contributed by atoms with Crippen LogP contribution in [0, 0.1) is 23.7 Å². The van der Waals surface area contributed by atoms with Gasteiger partial charge >= 0.3 is 5.97 Å². The summed E-state index contributed by atoms with van der Waals surface area (Å²) < 4.78 is 5.91. The lowest BCUT2D eigenvalue weighted by Crippen LogP contribution is -2.50. The Labute approximate surface area is 240 Å². The number of carboxylic acids is 1. The van der Waals surface area contributed by atoms with Gasteiger partial charge < -0.3 is 9.84 Å². The molecule has 0 aliphatic heterocycles. The van der Waals surface area contributed by atoms with Crippen molar-refractivity contribution in [2.24, 2.45) is 16.7 Å². The highest BCUT2D eigenvalue weighted by Crippen LogP contribution is 2.57. The Morgan fingerprint density at radius 3 is 2.20 bits per heavy atom. The van der Waals surface area contributed by atoms with Crippen LogP contribution < -0.4 is 4.74 Å². The maximum Gasteiger partial charge on any atom is 0.310 e. The molecule has 2 aromatic rings. The van der Waals surface area contributed by atoms with Crippen LogP contribution in [0.5, 0.6) is 5.75 Å². The molecule has 0 saturated heterocycles. The van der Waals surface area contributed by atoms with Gasteiger partial charge in [-0.2, -0.15) is 0 Å². The fourth-order valence-electron chi connectivity index (χ4n) is 7.11. The van der Waals surface area contributed by atoms with Crippen LogP contribution in [0.25, 0.3) is 0 Å². The van der Waals surface area contributed by atoms with Crippen LogP contribution in [0.15, 0.2) is 42.5 Å². The molecule has 1 N–H and O–H groups in total. The van der Waals surface area contributed by atoms with E-state index >= 15 is 0 Å². The number of carbonyl (C=O) groups is 3. The molecular weight excluding hydrogens is 500 g/mol. The lowest BCUT2D eigenvalue weighted by Gasteiger charge is -2.50. The first-order chi connectivity index (χ1) is 18.6. The molecule has 2 atom stereocenters.